The number of benzene rings is 1. The topological polar surface area (TPSA) is 173 Å². The number of aliphatic hydroxyl groups excluding tert-OH is 1. The van der Waals surface area contributed by atoms with E-state index in [1.165, 1.54) is 14.0 Å². The van der Waals surface area contributed by atoms with Crippen LogP contribution in [0.1, 0.15) is 80.2 Å². The van der Waals surface area contributed by atoms with Crippen molar-refractivity contribution < 1.29 is 48.0 Å². The first-order valence-electron chi connectivity index (χ1n) is 20.5. The predicted octanol–water partition coefficient (Wildman–Crippen LogP) is 3.95. The van der Waals surface area contributed by atoms with Gasteiger partial charge in [-0.2, -0.15) is 0 Å². The van der Waals surface area contributed by atoms with Crippen molar-refractivity contribution in [1.82, 2.24) is 24.7 Å². The van der Waals surface area contributed by atoms with E-state index in [1.807, 2.05) is 64.9 Å². The van der Waals surface area contributed by atoms with E-state index in [2.05, 4.69) is 14.9 Å². The number of imidazole rings is 1. The van der Waals surface area contributed by atoms with E-state index in [-0.39, 0.29) is 36.8 Å². The van der Waals surface area contributed by atoms with Gasteiger partial charge in [0.15, 0.2) is 17.7 Å². The number of Topliss-reactive ketones (excluding diaryl/α,β-unsaturated/α-hetero) is 2. The fraction of sp³-hybridized carbons (Fsp3) is 0.738. The molecule has 0 bridgehead atoms. The fourth-order valence-corrected chi connectivity index (χ4v) is 10.0. The Kier molecular flexibility index (Phi) is 12.6. The molecule has 1 amide bonds. The van der Waals surface area contributed by atoms with Gasteiger partial charge in [-0.25, -0.2) is 9.78 Å². The summed E-state index contributed by atoms with van der Waals surface area (Å²) in [6.45, 7) is 15.8. The largest absolute Gasteiger partial charge is 0.458 e. The Hall–Kier alpha value is -3.47. The van der Waals surface area contributed by atoms with Crippen LogP contribution in [0.4, 0.5) is 4.79 Å². The molecule has 2 N–H and O–H groups in total. The van der Waals surface area contributed by atoms with Crippen LogP contribution in [0, 0.1) is 23.7 Å². The number of nitrogens with one attached hydrogen (secondary N) is 1. The molecule has 15 nitrogen and oxygen atoms in total. The van der Waals surface area contributed by atoms with Crippen molar-refractivity contribution in [2.24, 2.45) is 23.7 Å². The number of rotatable bonds is 8. The molecule has 0 spiro atoms. The summed E-state index contributed by atoms with van der Waals surface area (Å²) in [5, 5.41) is 11.5. The minimum absolute atomic E-state index is 0.134. The number of carbonyl (C=O) groups is 4. The Morgan fingerprint density at radius 1 is 1.04 bits per heavy atom. The zero-order chi connectivity index (χ0) is 41.7. The molecule has 13 atom stereocenters. The Morgan fingerprint density at radius 3 is 2.39 bits per heavy atom. The molecule has 0 aliphatic carbocycles. The fourth-order valence-electron chi connectivity index (χ4n) is 10.0. The first-order chi connectivity index (χ1) is 26.8. The normalized spacial score (nSPS) is 39.2. The van der Waals surface area contributed by atoms with Gasteiger partial charge in [0.05, 0.1) is 47.3 Å². The minimum Gasteiger partial charge on any atom is -0.458 e. The molecule has 316 valence electrons. The number of para-hydroxylation sites is 1. The molecule has 5 heterocycles. The maximum Gasteiger partial charge on any atom is 0.411 e. The zero-order valence-corrected chi connectivity index (χ0v) is 35.4. The van der Waals surface area contributed by atoms with Crippen LogP contribution in [0.25, 0.3) is 11.0 Å². The van der Waals surface area contributed by atoms with Gasteiger partial charge in [-0.1, -0.05) is 39.8 Å². The molecule has 4 aliphatic rings. The third kappa shape index (κ3) is 7.99. The average molecular weight is 798 g/mol. The average Bonchev–Trinajstić information content (AvgIpc) is 3.75. The standard InChI is InChI=1S/C42H63N5O10/c1-12-31-42(8)36(47(40(52)57-42)28-19-46(20-28)18-27-14-13-15-29-32(27)44-21-43-29)24(4)33(48)22(2)17-41(7,53-11)37(25(5)34(49)26(6)38(51)55-31)56-39-35(50)30(45(9)10)16-23(3)54-39/h13-15,21-26,28,30-31,35-37,39,50H,12,16-20H2,1-11H3,(H,43,44)/t22-,23-,24+,25+,26-,30+,31-,35-,36-,37-,39+,41-,42-/m1/s1. The number of hydrogen-bond acceptors (Lipinski definition) is 13. The molecule has 1 aromatic heterocycles. The number of methoxy groups -OCH3 is 1. The Bertz CT molecular complexity index is 1800. The molecule has 6 rings (SSSR count). The van der Waals surface area contributed by atoms with Gasteiger partial charge in [0.25, 0.3) is 0 Å². The number of carbonyl (C=O) groups excluding carboxylic acids is 4. The van der Waals surface area contributed by atoms with E-state index < -0.39 is 83.4 Å². The van der Waals surface area contributed by atoms with Crippen LogP contribution >= 0.6 is 0 Å². The Labute approximate surface area is 336 Å². The molecule has 57 heavy (non-hydrogen) atoms. The summed E-state index contributed by atoms with van der Waals surface area (Å²) in [4.78, 5) is 70.7. The van der Waals surface area contributed by atoms with Crippen molar-refractivity contribution in [3.05, 3.63) is 30.1 Å². The Balaban J connectivity index is 1.32. The molecule has 2 aromatic rings. The second-order valence-corrected chi connectivity index (χ2v) is 17.7. The van der Waals surface area contributed by atoms with Crippen molar-refractivity contribution in [2.45, 2.75) is 141 Å². The number of aromatic nitrogens is 2. The van der Waals surface area contributed by atoms with Crippen molar-refractivity contribution in [2.75, 3.05) is 34.3 Å². The van der Waals surface area contributed by atoms with Gasteiger partial charge in [0, 0.05) is 50.5 Å². The number of cyclic esters (lactones) is 1. The van der Waals surface area contributed by atoms with Crippen LogP contribution in [0.2, 0.25) is 0 Å². The quantitative estimate of drug-likeness (QED) is 0.291. The summed E-state index contributed by atoms with van der Waals surface area (Å²) in [6.07, 6.45) is -2.34. The lowest BCUT2D eigenvalue weighted by molar-refractivity contribution is -0.295. The van der Waals surface area contributed by atoms with Gasteiger partial charge in [-0.05, 0) is 72.7 Å². The van der Waals surface area contributed by atoms with Crippen LogP contribution in [-0.4, -0.2) is 148 Å². The van der Waals surface area contributed by atoms with Crippen molar-refractivity contribution in [1.29, 1.82) is 0 Å². The number of likely N-dealkylation sites (tertiary alicyclic amines) is 1. The number of hydrogen-bond donors (Lipinski definition) is 2. The lowest BCUT2D eigenvalue weighted by atomic mass is 9.73. The molecule has 15 heteroatoms. The van der Waals surface area contributed by atoms with Crippen LogP contribution < -0.4 is 0 Å². The molecule has 0 saturated carbocycles. The number of aromatic amines is 1. The summed E-state index contributed by atoms with van der Waals surface area (Å²) in [7, 11) is 5.25. The summed E-state index contributed by atoms with van der Waals surface area (Å²) in [5.41, 5.74) is 0.240. The van der Waals surface area contributed by atoms with Gasteiger partial charge in [0.1, 0.15) is 23.9 Å². The van der Waals surface area contributed by atoms with E-state index in [0.29, 0.717) is 26.1 Å². The Morgan fingerprint density at radius 2 is 1.74 bits per heavy atom. The third-order valence-electron chi connectivity index (χ3n) is 13.4. The molecular formula is C42H63N5O10. The monoisotopic (exact) mass is 797 g/mol. The highest BCUT2D eigenvalue weighted by molar-refractivity contribution is 6.00. The smallest absolute Gasteiger partial charge is 0.411 e. The van der Waals surface area contributed by atoms with Crippen LogP contribution in [0.5, 0.6) is 0 Å². The second-order valence-electron chi connectivity index (χ2n) is 17.7. The highest BCUT2D eigenvalue weighted by atomic mass is 16.7. The summed E-state index contributed by atoms with van der Waals surface area (Å²) in [5.74, 6) is -4.92. The number of ketones is 2. The summed E-state index contributed by atoms with van der Waals surface area (Å²) >= 11 is 0. The molecular weight excluding hydrogens is 734 g/mol. The highest BCUT2D eigenvalue weighted by Crippen LogP contribution is 2.45. The van der Waals surface area contributed by atoms with Crippen molar-refractivity contribution in [3.8, 4) is 0 Å². The lowest BCUT2D eigenvalue weighted by Gasteiger charge is -2.48. The SMILES string of the molecule is CC[C@H]1OC(=O)[C@H](C)C(=O)[C@H](C)[C@@H](O[C@@H]2O[C@H](C)C[C@H](N(C)C)[C@H]2O)[C@](C)(OC)C[C@@H](C)C(=O)[C@H](C)[C@H]2N(C3CN(Cc4cccc5[nH]cnc45)C3)C(=O)O[C@]12C. The number of ether oxygens (including phenoxy) is 5. The first kappa shape index (κ1) is 43.1. The van der Waals surface area contributed by atoms with E-state index in [4.69, 9.17) is 23.7 Å². The molecule has 1 aromatic carbocycles. The number of H-pyrrole nitrogens is 1. The molecule has 0 radical (unpaired) electrons. The molecule has 4 aliphatic heterocycles. The number of nitrogens with zero attached hydrogens (tertiary/aromatic N) is 4. The van der Waals surface area contributed by atoms with Crippen molar-refractivity contribution in [3.63, 3.8) is 0 Å². The van der Waals surface area contributed by atoms with Gasteiger partial charge >= 0.3 is 12.1 Å². The number of likely N-dealkylation sites (N-methyl/N-ethyl adjacent to an activating group) is 1. The number of fused-ring (bicyclic) bond motifs is 2. The van der Waals surface area contributed by atoms with E-state index in [9.17, 15) is 24.3 Å². The minimum atomic E-state index is -1.40. The first-order valence-corrected chi connectivity index (χ1v) is 20.5. The number of aliphatic hydroxyl groups is 1. The van der Waals surface area contributed by atoms with Gasteiger partial charge in [-0.15, -0.1) is 0 Å². The lowest BCUT2D eigenvalue weighted by Crippen LogP contribution is -2.65. The molecule has 0 unspecified atom stereocenters. The summed E-state index contributed by atoms with van der Waals surface area (Å²) < 4.78 is 31.4. The van der Waals surface area contributed by atoms with E-state index >= 15 is 0 Å². The van der Waals surface area contributed by atoms with E-state index in [0.717, 1.165) is 16.6 Å². The number of esters is 1. The third-order valence-corrected chi connectivity index (χ3v) is 13.4. The van der Waals surface area contributed by atoms with Crippen molar-refractivity contribution >= 4 is 34.7 Å². The molecule has 4 saturated heterocycles. The summed E-state index contributed by atoms with van der Waals surface area (Å²) in [6, 6.07) is 4.67. The van der Waals surface area contributed by atoms with Gasteiger partial charge in [0.2, 0.25) is 0 Å². The number of amides is 1. The van der Waals surface area contributed by atoms with Crippen LogP contribution in [0.15, 0.2) is 24.5 Å². The highest BCUT2D eigenvalue weighted by Gasteiger charge is 2.62. The predicted molar refractivity (Wildman–Crippen MR) is 210 cm³/mol. The van der Waals surface area contributed by atoms with Gasteiger partial charge < -0.3 is 38.7 Å². The van der Waals surface area contributed by atoms with Crippen LogP contribution in [-0.2, 0) is 44.6 Å². The molecule has 4 fully saturated rings. The van der Waals surface area contributed by atoms with Gasteiger partial charge in [-0.3, -0.25) is 24.2 Å². The van der Waals surface area contributed by atoms with E-state index in [1.54, 1.807) is 32.0 Å². The van der Waals surface area contributed by atoms with Crippen LogP contribution in [0.3, 0.4) is 0 Å². The maximum atomic E-state index is 14.8. The zero-order valence-electron chi connectivity index (χ0n) is 35.4. The maximum absolute atomic E-state index is 14.8. The second kappa shape index (κ2) is 16.6.